The Balaban J connectivity index is 3.80. The summed E-state index contributed by atoms with van der Waals surface area (Å²) in [5.74, 6) is 1.32. The van der Waals surface area contributed by atoms with Crippen LogP contribution in [0.5, 0.6) is 0 Å². The average Bonchev–Trinajstić information content (AvgIpc) is 1.88. The highest BCUT2D eigenvalue weighted by Gasteiger charge is 2.17. The van der Waals surface area contributed by atoms with Crippen molar-refractivity contribution < 1.29 is 4.74 Å². The molecular formula is C9H20O. The lowest BCUT2D eigenvalue weighted by atomic mass is 9.93. The molecule has 2 atom stereocenters. The molecule has 0 saturated carbocycles. The third-order valence-corrected chi connectivity index (χ3v) is 2.13. The first-order chi connectivity index (χ1) is 4.63. The number of ether oxygens (including phenoxy) is 1. The van der Waals surface area contributed by atoms with Crippen molar-refractivity contribution in [2.75, 3.05) is 7.11 Å². The molecule has 0 unspecified atom stereocenters. The van der Waals surface area contributed by atoms with Crippen LogP contribution in [-0.2, 0) is 4.74 Å². The zero-order valence-corrected chi connectivity index (χ0v) is 7.85. The van der Waals surface area contributed by atoms with E-state index in [1.807, 2.05) is 0 Å². The Kier molecular flexibility index (Phi) is 4.71. The molecule has 0 aliphatic heterocycles. The van der Waals surface area contributed by atoms with E-state index in [4.69, 9.17) is 4.74 Å². The smallest absolute Gasteiger partial charge is 0.0619 e. The summed E-state index contributed by atoms with van der Waals surface area (Å²) in [6.07, 6.45) is 1.64. The Bertz CT molecular complexity index is 78.8. The van der Waals surface area contributed by atoms with Crippen LogP contribution < -0.4 is 0 Å². The molecule has 0 aliphatic carbocycles. The minimum atomic E-state index is 0.435. The fourth-order valence-electron chi connectivity index (χ4n) is 1.39. The molecule has 62 valence electrons. The Morgan fingerprint density at radius 2 is 1.70 bits per heavy atom. The van der Waals surface area contributed by atoms with Crippen LogP contribution in [0.3, 0.4) is 0 Å². The highest BCUT2D eigenvalue weighted by molar-refractivity contribution is 4.67. The van der Waals surface area contributed by atoms with Gasteiger partial charge < -0.3 is 4.74 Å². The summed E-state index contributed by atoms with van der Waals surface area (Å²) in [4.78, 5) is 0. The Morgan fingerprint density at radius 1 is 1.20 bits per heavy atom. The zero-order chi connectivity index (χ0) is 8.15. The Hall–Kier alpha value is -0.0400. The van der Waals surface area contributed by atoms with Crippen LogP contribution in [0, 0.1) is 11.8 Å². The van der Waals surface area contributed by atoms with Gasteiger partial charge in [-0.1, -0.05) is 34.1 Å². The maximum absolute atomic E-state index is 5.36. The molecule has 0 rings (SSSR count). The first-order valence-electron chi connectivity index (χ1n) is 4.16. The van der Waals surface area contributed by atoms with E-state index in [0.717, 1.165) is 0 Å². The second-order valence-electron chi connectivity index (χ2n) is 3.33. The van der Waals surface area contributed by atoms with Crippen LogP contribution in [0.15, 0.2) is 0 Å². The molecule has 0 saturated heterocycles. The topological polar surface area (TPSA) is 9.23 Å². The van der Waals surface area contributed by atoms with Gasteiger partial charge in [-0.3, -0.25) is 0 Å². The van der Waals surface area contributed by atoms with Crippen LogP contribution >= 0.6 is 0 Å². The average molecular weight is 144 g/mol. The maximum Gasteiger partial charge on any atom is 0.0619 e. The number of hydrogen-bond acceptors (Lipinski definition) is 1. The van der Waals surface area contributed by atoms with Gasteiger partial charge in [0.25, 0.3) is 0 Å². The van der Waals surface area contributed by atoms with E-state index in [2.05, 4.69) is 27.7 Å². The largest absolute Gasteiger partial charge is 0.381 e. The van der Waals surface area contributed by atoms with Gasteiger partial charge in [0.2, 0.25) is 0 Å². The second-order valence-corrected chi connectivity index (χ2v) is 3.33. The van der Waals surface area contributed by atoms with Gasteiger partial charge >= 0.3 is 0 Å². The van der Waals surface area contributed by atoms with Gasteiger partial charge in [-0.05, 0) is 11.8 Å². The molecule has 0 aromatic carbocycles. The predicted octanol–water partition coefficient (Wildman–Crippen LogP) is 2.70. The fourth-order valence-corrected chi connectivity index (χ4v) is 1.39. The van der Waals surface area contributed by atoms with Crippen LogP contribution in [0.25, 0.3) is 0 Å². The summed E-state index contributed by atoms with van der Waals surface area (Å²) in [5.41, 5.74) is 0. The van der Waals surface area contributed by atoms with E-state index in [1.165, 1.54) is 6.42 Å². The lowest BCUT2D eigenvalue weighted by Gasteiger charge is -2.24. The molecule has 1 nitrogen and oxygen atoms in total. The summed E-state index contributed by atoms with van der Waals surface area (Å²) >= 11 is 0. The summed E-state index contributed by atoms with van der Waals surface area (Å²) in [6.45, 7) is 8.87. The fraction of sp³-hybridized carbons (Fsp3) is 1.00. The van der Waals surface area contributed by atoms with E-state index < -0.39 is 0 Å². The molecule has 0 aromatic heterocycles. The van der Waals surface area contributed by atoms with Crippen LogP contribution in [0.2, 0.25) is 0 Å². The normalized spacial score (nSPS) is 17.4. The van der Waals surface area contributed by atoms with Crippen LogP contribution in [0.1, 0.15) is 34.1 Å². The van der Waals surface area contributed by atoms with Crippen LogP contribution in [0.4, 0.5) is 0 Å². The van der Waals surface area contributed by atoms with Crippen LogP contribution in [-0.4, -0.2) is 13.2 Å². The van der Waals surface area contributed by atoms with Gasteiger partial charge in [0.05, 0.1) is 6.10 Å². The third-order valence-electron chi connectivity index (χ3n) is 2.13. The SMILES string of the molecule is CC[C@@H](C)[C@@H](OC)C(C)C. The molecule has 0 amide bonds. The molecule has 0 N–H and O–H groups in total. The first-order valence-corrected chi connectivity index (χ1v) is 4.16. The second kappa shape index (κ2) is 4.73. The molecule has 0 radical (unpaired) electrons. The molecule has 1 heteroatoms. The molecular weight excluding hydrogens is 124 g/mol. The van der Waals surface area contributed by atoms with E-state index in [1.54, 1.807) is 7.11 Å². The molecule has 0 fully saturated rings. The molecule has 0 aromatic rings. The number of methoxy groups -OCH3 is 1. The Labute approximate surface area is 64.8 Å². The van der Waals surface area contributed by atoms with E-state index in [9.17, 15) is 0 Å². The summed E-state index contributed by atoms with van der Waals surface area (Å²) in [7, 11) is 1.80. The van der Waals surface area contributed by atoms with Crippen molar-refractivity contribution in [1.29, 1.82) is 0 Å². The lowest BCUT2D eigenvalue weighted by molar-refractivity contribution is 0.0220. The molecule has 10 heavy (non-hydrogen) atoms. The van der Waals surface area contributed by atoms with Crippen molar-refractivity contribution in [1.82, 2.24) is 0 Å². The van der Waals surface area contributed by atoms with E-state index in [0.29, 0.717) is 17.9 Å². The molecule has 0 heterocycles. The summed E-state index contributed by atoms with van der Waals surface area (Å²) in [6, 6.07) is 0. The number of rotatable bonds is 4. The highest BCUT2D eigenvalue weighted by Crippen LogP contribution is 2.17. The van der Waals surface area contributed by atoms with Gasteiger partial charge in [0.15, 0.2) is 0 Å². The first kappa shape index (κ1) is 9.96. The van der Waals surface area contributed by atoms with Gasteiger partial charge in [0, 0.05) is 7.11 Å². The molecule has 0 spiro atoms. The van der Waals surface area contributed by atoms with E-state index >= 15 is 0 Å². The molecule has 0 aliphatic rings. The Morgan fingerprint density at radius 3 is 1.80 bits per heavy atom. The van der Waals surface area contributed by atoms with Crippen molar-refractivity contribution in [2.24, 2.45) is 11.8 Å². The van der Waals surface area contributed by atoms with Gasteiger partial charge in [-0.25, -0.2) is 0 Å². The zero-order valence-electron chi connectivity index (χ0n) is 7.85. The van der Waals surface area contributed by atoms with Gasteiger partial charge in [0.1, 0.15) is 0 Å². The minimum absolute atomic E-state index is 0.435. The minimum Gasteiger partial charge on any atom is -0.381 e. The van der Waals surface area contributed by atoms with Crippen molar-refractivity contribution in [3.63, 3.8) is 0 Å². The van der Waals surface area contributed by atoms with Crippen molar-refractivity contribution >= 4 is 0 Å². The third kappa shape index (κ3) is 2.70. The lowest BCUT2D eigenvalue weighted by Crippen LogP contribution is -2.25. The van der Waals surface area contributed by atoms with Gasteiger partial charge in [-0.2, -0.15) is 0 Å². The van der Waals surface area contributed by atoms with E-state index in [-0.39, 0.29) is 0 Å². The monoisotopic (exact) mass is 144 g/mol. The quantitative estimate of drug-likeness (QED) is 0.589. The van der Waals surface area contributed by atoms with Gasteiger partial charge in [-0.15, -0.1) is 0 Å². The standard InChI is InChI=1S/C9H20O/c1-6-8(4)9(10-5)7(2)3/h7-9H,6H2,1-5H3/t8-,9+/m1/s1. The summed E-state index contributed by atoms with van der Waals surface area (Å²) < 4.78 is 5.36. The molecule has 0 bridgehead atoms. The summed E-state index contributed by atoms with van der Waals surface area (Å²) in [5, 5.41) is 0. The van der Waals surface area contributed by atoms with Crippen molar-refractivity contribution in [3.05, 3.63) is 0 Å². The predicted molar refractivity (Wildman–Crippen MR) is 45.1 cm³/mol. The van der Waals surface area contributed by atoms with Crippen molar-refractivity contribution in [3.8, 4) is 0 Å². The number of hydrogen-bond donors (Lipinski definition) is 0. The highest BCUT2D eigenvalue weighted by atomic mass is 16.5. The van der Waals surface area contributed by atoms with Crippen molar-refractivity contribution in [2.45, 2.75) is 40.2 Å². The maximum atomic E-state index is 5.36.